The van der Waals surface area contributed by atoms with Gasteiger partial charge in [-0.2, -0.15) is 0 Å². The molecular formula is C35H52. The molecule has 0 heteroatoms. The summed E-state index contributed by atoms with van der Waals surface area (Å²) in [6.07, 6.45) is 12.5. The maximum absolute atomic E-state index is 3.00. The van der Waals surface area contributed by atoms with Crippen molar-refractivity contribution in [2.24, 2.45) is 11.8 Å². The van der Waals surface area contributed by atoms with Gasteiger partial charge in [0.15, 0.2) is 0 Å². The van der Waals surface area contributed by atoms with Gasteiger partial charge in [0.05, 0.1) is 0 Å². The first kappa shape index (κ1) is 30.7. The van der Waals surface area contributed by atoms with Crippen LogP contribution in [0.5, 0.6) is 0 Å². The molecule has 0 radical (unpaired) electrons. The molecule has 1 aliphatic rings. The van der Waals surface area contributed by atoms with Crippen molar-refractivity contribution in [3.63, 3.8) is 0 Å². The summed E-state index contributed by atoms with van der Waals surface area (Å²) in [6.45, 7) is 23.7. The molecule has 1 saturated carbocycles. The van der Waals surface area contributed by atoms with E-state index in [0.717, 1.165) is 24.2 Å². The number of allylic oxidation sites excluding steroid dienone is 4. The Morgan fingerprint density at radius 3 is 2.20 bits per heavy atom. The van der Waals surface area contributed by atoms with Crippen molar-refractivity contribution in [3.05, 3.63) is 101 Å². The van der Waals surface area contributed by atoms with E-state index in [1.807, 2.05) is 13.8 Å². The van der Waals surface area contributed by atoms with Gasteiger partial charge >= 0.3 is 0 Å². The summed E-state index contributed by atoms with van der Waals surface area (Å²) in [4.78, 5) is 0. The van der Waals surface area contributed by atoms with E-state index in [-0.39, 0.29) is 0 Å². The molecule has 2 aromatic rings. The molecule has 0 amide bonds. The number of rotatable bonds is 6. The minimum atomic E-state index is 0.735. The summed E-state index contributed by atoms with van der Waals surface area (Å²) in [7, 11) is 0. The van der Waals surface area contributed by atoms with Crippen LogP contribution in [0.25, 0.3) is 5.57 Å². The standard InChI is InChI=1S/C31H42.C2H6.C2H4/c1-7-27-13-17-29(20-24(4)18-27)30-16-12-26(6)31(21-30)19-23(3)8-11-25(5)28-14-9-22(2)10-15-28;2*1-2/h8-12,14-16,21,24,27,29H,7,13,17-20H2,1-6H3;1-2H3;1-2H2/b23-8+,25-11+;;/t24-,27-,29+;;/m0../s1. The second-order valence-corrected chi connectivity index (χ2v) is 10.2. The fraction of sp³-hybridized carbons (Fsp3) is 0.486. The van der Waals surface area contributed by atoms with Gasteiger partial charge < -0.3 is 0 Å². The van der Waals surface area contributed by atoms with Crippen molar-refractivity contribution in [2.75, 3.05) is 0 Å². The molecule has 0 aliphatic heterocycles. The van der Waals surface area contributed by atoms with Crippen LogP contribution < -0.4 is 0 Å². The van der Waals surface area contributed by atoms with Crippen molar-refractivity contribution in [3.8, 4) is 0 Å². The largest absolute Gasteiger partial charge is 0.106 e. The van der Waals surface area contributed by atoms with E-state index >= 15 is 0 Å². The van der Waals surface area contributed by atoms with Gasteiger partial charge in [0.1, 0.15) is 0 Å². The molecule has 0 spiro atoms. The van der Waals surface area contributed by atoms with E-state index in [1.165, 1.54) is 65.5 Å². The minimum Gasteiger partial charge on any atom is -0.106 e. The molecule has 0 saturated heterocycles. The van der Waals surface area contributed by atoms with Gasteiger partial charge in [-0.05, 0) is 105 Å². The van der Waals surface area contributed by atoms with Gasteiger partial charge in [-0.25, -0.2) is 0 Å². The summed E-state index contributed by atoms with van der Waals surface area (Å²) >= 11 is 0. The first-order chi connectivity index (χ1) is 16.9. The molecule has 0 unspecified atom stereocenters. The second-order valence-electron chi connectivity index (χ2n) is 10.2. The van der Waals surface area contributed by atoms with E-state index in [1.54, 1.807) is 5.56 Å². The quantitative estimate of drug-likeness (QED) is 0.223. The molecule has 35 heavy (non-hydrogen) atoms. The fourth-order valence-electron chi connectivity index (χ4n) is 5.17. The van der Waals surface area contributed by atoms with Gasteiger partial charge in [0.25, 0.3) is 0 Å². The molecule has 1 fully saturated rings. The van der Waals surface area contributed by atoms with E-state index in [0.29, 0.717) is 0 Å². The number of benzene rings is 2. The Labute approximate surface area is 218 Å². The van der Waals surface area contributed by atoms with Crippen LogP contribution in [0.2, 0.25) is 0 Å². The van der Waals surface area contributed by atoms with Crippen LogP contribution in [-0.2, 0) is 6.42 Å². The van der Waals surface area contributed by atoms with Gasteiger partial charge in [-0.1, -0.05) is 99.9 Å². The predicted molar refractivity (Wildman–Crippen MR) is 160 cm³/mol. The van der Waals surface area contributed by atoms with Crippen LogP contribution in [-0.4, -0.2) is 0 Å². The van der Waals surface area contributed by atoms with Gasteiger partial charge in [0, 0.05) is 0 Å². The highest BCUT2D eigenvalue weighted by molar-refractivity contribution is 5.65. The van der Waals surface area contributed by atoms with E-state index < -0.39 is 0 Å². The second kappa shape index (κ2) is 16.4. The van der Waals surface area contributed by atoms with Crippen LogP contribution in [0.1, 0.15) is 107 Å². The zero-order valence-electron chi connectivity index (χ0n) is 24.1. The Morgan fingerprint density at radius 1 is 0.914 bits per heavy atom. The van der Waals surface area contributed by atoms with Crippen molar-refractivity contribution in [2.45, 2.75) is 99.8 Å². The van der Waals surface area contributed by atoms with Crippen LogP contribution in [0.15, 0.2) is 73.3 Å². The van der Waals surface area contributed by atoms with Crippen LogP contribution in [0.4, 0.5) is 0 Å². The van der Waals surface area contributed by atoms with Crippen molar-refractivity contribution < 1.29 is 0 Å². The summed E-state index contributed by atoms with van der Waals surface area (Å²) in [6, 6.07) is 16.1. The molecule has 2 aromatic carbocycles. The lowest BCUT2D eigenvalue weighted by atomic mass is 9.86. The maximum atomic E-state index is 3.00. The number of hydrogen-bond acceptors (Lipinski definition) is 0. The molecule has 0 bridgehead atoms. The molecule has 0 N–H and O–H groups in total. The van der Waals surface area contributed by atoms with Gasteiger partial charge in [-0.15, -0.1) is 13.2 Å². The zero-order chi connectivity index (χ0) is 26.4. The average molecular weight is 473 g/mol. The lowest BCUT2D eigenvalue weighted by Gasteiger charge is -2.19. The molecule has 0 aromatic heterocycles. The zero-order valence-corrected chi connectivity index (χ0v) is 24.1. The van der Waals surface area contributed by atoms with Crippen molar-refractivity contribution >= 4 is 5.57 Å². The Kier molecular flexibility index (Phi) is 14.3. The van der Waals surface area contributed by atoms with Gasteiger partial charge in [-0.3, -0.25) is 0 Å². The lowest BCUT2D eigenvalue weighted by molar-refractivity contribution is 0.385. The molecule has 3 atom stereocenters. The first-order valence-corrected chi connectivity index (χ1v) is 13.9. The smallest absolute Gasteiger partial charge is 0.00640 e. The molecule has 0 heterocycles. The highest BCUT2D eigenvalue weighted by Crippen LogP contribution is 2.38. The average Bonchev–Trinajstić information content (AvgIpc) is 3.08. The SMILES string of the molecule is C=C.CC.CC[C@H]1CC[C@@H](c2ccc(C)c(C/C(C)=C/C=C(\C)c3ccc(C)cc3)c2)C[C@@H](C)C1. The normalized spacial score (nSPS) is 20.6. The lowest BCUT2D eigenvalue weighted by Crippen LogP contribution is -2.04. The molecular weight excluding hydrogens is 420 g/mol. The molecule has 0 nitrogen and oxygen atoms in total. The minimum absolute atomic E-state index is 0.735. The summed E-state index contributed by atoms with van der Waals surface area (Å²) in [5.41, 5.74) is 9.85. The van der Waals surface area contributed by atoms with Crippen LogP contribution in [0, 0.1) is 25.7 Å². The highest BCUT2D eigenvalue weighted by atomic mass is 14.3. The number of aryl methyl sites for hydroxylation is 2. The summed E-state index contributed by atoms with van der Waals surface area (Å²) in [5, 5.41) is 0. The Hall–Kier alpha value is -2.34. The van der Waals surface area contributed by atoms with E-state index in [2.05, 4.69) is 109 Å². The Balaban J connectivity index is 0.00000145. The topological polar surface area (TPSA) is 0 Å². The monoisotopic (exact) mass is 472 g/mol. The highest BCUT2D eigenvalue weighted by Gasteiger charge is 2.24. The van der Waals surface area contributed by atoms with Crippen LogP contribution in [0.3, 0.4) is 0 Å². The van der Waals surface area contributed by atoms with E-state index in [9.17, 15) is 0 Å². The Bertz CT molecular complexity index is 925. The molecule has 192 valence electrons. The predicted octanol–water partition coefficient (Wildman–Crippen LogP) is 11.0. The Morgan fingerprint density at radius 2 is 1.57 bits per heavy atom. The third-order valence-electron chi connectivity index (χ3n) is 7.36. The summed E-state index contributed by atoms with van der Waals surface area (Å²) < 4.78 is 0. The number of hydrogen-bond donors (Lipinski definition) is 0. The first-order valence-electron chi connectivity index (χ1n) is 13.9. The maximum Gasteiger partial charge on any atom is -0.00640 e. The van der Waals surface area contributed by atoms with Crippen molar-refractivity contribution in [1.82, 2.24) is 0 Å². The molecule has 3 rings (SSSR count). The summed E-state index contributed by atoms with van der Waals surface area (Å²) in [5.74, 6) is 2.51. The molecule has 1 aliphatic carbocycles. The third-order valence-corrected chi connectivity index (χ3v) is 7.36. The van der Waals surface area contributed by atoms with E-state index in [4.69, 9.17) is 0 Å². The van der Waals surface area contributed by atoms with Crippen molar-refractivity contribution in [1.29, 1.82) is 0 Å². The van der Waals surface area contributed by atoms with Crippen LogP contribution >= 0.6 is 0 Å². The fourth-order valence-corrected chi connectivity index (χ4v) is 5.17. The third kappa shape index (κ3) is 10.0. The van der Waals surface area contributed by atoms with Gasteiger partial charge in [0.2, 0.25) is 0 Å².